The van der Waals surface area contributed by atoms with E-state index in [-0.39, 0.29) is 10.9 Å². The molecule has 5 rings (SSSR count). The Hall–Kier alpha value is -3.63. The van der Waals surface area contributed by atoms with E-state index in [0.717, 1.165) is 5.56 Å². The molecule has 0 fully saturated rings. The SMILES string of the molecule is COc1ccc(-n2nc3cc(C)c(NC(=S)NC(=O)c4ccc(-c5ccc(Cl)c(Cl)c5)o4)cc3n2)cc1Cl. The summed E-state index contributed by atoms with van der Waals surface area (Å²) in [4.78, 5) is 14.2. The largest absolute Gasteiger partial charge is 0.495 e. The summed E-state index contributed by atoms with van der Waals surface area (Å²) in [5.41, 5.74) is 4.19. The first kappa shape index (κ1) is 26.0. The number of methoxy groups -OCH3 is 1. The monoisotopic (exact) mass is 585 g/mol. The number of nitrogens with one attached hydrogen (secondary N) is 2. The van der Waals surface area contributed by atoms with Gasteiger partial charge in [0.1, 0.15) is 22.5 Å². The standard InChI is InChI=1S/C26H18Cl3N5O3S/c1-13-9-20-21(33-34(32-20)15-4-6-23(36-2)18(29)11-15)12-19(13)30-26(38)31-25(35)24-8-7-22(37-24)14-3-5-16(27)17(28)10-14/h3-12H,1-2H3,(H2,30,31,35,38). The van der Waals surface area contributed by atoms with Crippen LogP contribution in [-0.4, -0.2) is 33.1 Å². The summed E-state index contributed by atoms with van der Waals surface area (Å²) in [7, 11) is 1.55. The minimum Gasteiger partial charge on any atom is -0.495 e. The number of amides is 1. The lowest BCUT2D eigenvalue weighted by Crippen LogP contribution is -2.34. The van der Waals surface area contributed by atoms with Crippen LogP contribution in [0.3, 0.4) is 0 Å². The number of aromatic nitrogens is 3. The summed E-state index contributed by atoms with van der Waals surface area (Å²) in [5.74, 6) is 0.610. The van der Waals surface area contributed by atoms with Gasteiger partial charge in [-0.3, -0.25) is 10.1 Å². The van der Waals surface area contributed by atoms with E-state index in [0.29, 0.717) is 54.5 Å². The number of hydrogen-bond acceptors (Lipinski definition) is 6. The van der Waals surface area contributed by atoms with Gasteiger partial charge in [-0.1, -0.05) is 34.8 Å². The number of furan rings is 1. The zero-order chi connectivity index (χ0) is 27.0. The topological polar surface area (TPSA) is 94.2 Å². The summed E-state index contributed by atoms with van der Waals surface area (Å²) in [6, 6.07) is 17.2. The molecule has 38 heavy (non-hydrogen) atoms. The lowest BCUT2D eigenvalue weighted by Gasteiger charge is -2.11. The van der Waals surface area contributed by atoms with E-state index in [2.05, 4.69) is 20.8 Å². The average molecular weight is 587 g/mol. The molecule has 2 aromatic heterocycles. The van der Waals surface area contributed by atoms with E-state index in [4.69, 9.17) is 56.2 Å². The summed E-state index contributed by atoms with van der Waals surface area (Å²) in [5, 5.41) is 16.1. The molecule has 2 heterocycles. The van der Waals surface area contributed by atoms with Crippen molar-refractivity contribution in [1.82, 2.24) is 20.3 Å². The first-order valence-corrected chi connectivity index (χ1v) is 12.7. The van der Waals surface area contributed by atoms with Crippen molar-refractivity contribution in [2.24, 2.45) is 0 Å². The highest BCUT2D eigenvalue weighted by Crippen LogP contribution is 2.30. The maximum absolute atomic E-state index is 12.7. The minimum atomic E-state index is -0.505. The second-order valence-electron chi connectivity index (χ2n) is 8.17. The number of anilines is 1. The van der Waals surface area contributed by atoms with Crippen molar-refractivity contribution in [2.45, 2.75) is 6.92 Å². The van der Waals surface area contributed by atoms with Crippen molar-refractivity contribution in [3.05, 3.63) is 87.1 Å². The first-order chi connectivity index (χ1) is 18.2. The van der Waals surface area contributed by atoms with Crippen molar-refractivity contribution in [1.29, 1.82) is 0 Å². The fraction of sp³-hybridized carbons (Fsp3) is 0.0769. The van der Waals surface area contributed by atoms with Crippen LogP contribution >= 0.6 is 47.0 Å². The molecule has 0 saturated heterocycles. The highest BCUT2D eigenvalue weighted by atomic mass is 35.5. The number of thiocarbonyl (C=S) groups is 1. The predicted molar refractivity (Wildman–Crippen MR) is 153 cm³/mol. The molecule has 192 valence electrons. The Balaban J connectivity index is 1.30. The molecule has 3 aromatic carbocycles. The van der Waals surface area contributed by atoms with Crippen molar-refractivity contribution in [3.63, 3.8) is 0 Å². The Morgan fingerprint density at radius 1 is 0.947 bits per heavy atom. The second-order valence-corrected chi connectivity index (χ2v) is 9.80. The predicted octanol–water partition coefficient (Wildman–Crippen LogP) is 7.08. The highest BCUT2D eigenvalue weighted by molar-refractivity contribution is 7.80. The third-order valence-electron chi connectivity index (χ3n) is 5.60. The zero-order valence-corrected chi connectivity index (χ0v) is 23.0. The number of nitrogens with zero attached hydrogens (tertiary/aromatic N) is 3. The zero-order valence-electron chi connectivity index (χ0n) is 19.9. The number of halogens is 3. The van der Waals surface area contributed by atoms with E-state index < -0.39 is 5.91 Å². The number of carbonyl (C=O) groups excluding carboxylic acids is 1. The molecule has 0 aliphatic rings. The van der Waals surface area contributed by atoms with Crippen LogP contribution in [0.25, 0.3) is 28.0 Å². The van der Waals surface area contributed by atoms with Gasteiger partial charge >= 0.3 is 0 Å². The van der Waals surface area contributed by atoms with Gasteiger partial charge < -0.3 is 14.5 Å². The molecule has 5 aromatic rings. The molecular weight excluding hydrogens is 569 g/mol. The van der Waals surface area contributed by atoms with Crippen LogP contribution in [0.15, 0.2) is 65.1 Å². The van der Waals surface area contributed by atoms with E-state index in [1.54, 1.807) is 55.6 Å². The molecule has 1 amide bonds. The van der Waals surface area contributed by atoms with Crippen LogP contribution < -0.4 is 15.4 Å². The van der Waals surface area contributed by atoms with Crippen molar-refractivity contribution < 1.29 is 13.9 Å². The lowest BCUT2D eigenvalue weighted by atomic mass is 10.2. The fourth-order valence-electron chi connectivity index (χ4n) is 3.68. The Labute approximate surface area is 237 Å². The number of fused-ring (bicyclic) bond motifs is 1. The van der Waals surface area contributed by atoms with Gasteiger partial charge in [-0.05, 0) is 85.4 Å². The molecule has 8 nitrogen and oxygen atoms in total. The van der Waals surface area contributed by atoms with Crippen molar-refractivity contribution >= 4 is 74.8 Å². The van der Waals surface area contributed by atoms with Gasteiger partial charge in [0.15, 0.2) is 10.9 Å². The van der Waals surface area contributed by atoms with Gasteiger partial charge in [0.25, 0.3) is 5.91 Å². The maximum atomic E-state index is 12.7. The first-order valence-electron chi connectivity index (χ1n) is 11.1. The van der Waals surface area contributed by atoms with Gasteiger partial charge in [0.05, 0.1) is 27.9 Å². The van der Waals surface area contributed by atoms with Crippen molar-refractivity contribution in [2.75, 3.05) is 12.4 Å². The quantitative estimate of drug-likeness (QED) is 0.212. The van der Waals surface area contributed by atoms with Crippen LogP contribution in [0, 0.1) is 6.92 Å². The van der Waals surface area contributed by atoms with Crippen molar-refractivity contribution in [3.8, 4) is 22.8 Å². The highest BCUT2D eigenvalue weighted by Gasteiger charge is 2.16. The van der Waals surface area contributed by atoms with Crippen LogP contribution in [0.5, 0.6) is 5.75 Å². The number of ether oxygens (including phenoxy) is 1. The third kappa shape index (κ3) is 5.32. The van der Waals surface area contributed by atoms with E-state index >= 15 is 0 Å². The van der Waals surface area contributed by atoms with Crippen LogP contribution in [0.1, 0.15) is 16.1 Å². The Bertz CT molecular complexity index is 1720. The van der Waals surface area contributed by atoms with Gasteiger partial charge in [-0.2, -0.15) is 4.80 Å². The average Bonchev–Trinajstić information content (AvgIpc) is 3.53. The van der Waals surface area contributed by atoms with Gasteiger partial charge in [0, 0.05) is 11.3 Å². The van der Waals surface area contributed by atoms with E-state index in [1.807, 2.05) is 19.1 Å². The van der Waals surface area contributed by atoms with E-state index in [1.165, 1.54) is 4.80 Å². The molecule has 0 aliphatic carbocycles. The minimum absolute atomic E-state index is 0.0866. The Morgan fingerprint density at radius 2 is 1.71 bits per heavy atom. The second kappa shape index (κ2) is 10.6. The molecule has 0 radical (unpaired) electrons. The normalized spacial score (nSPS) is 11.0. The Morgan fingerprint density at radius 3 is 2.42 bits per heavy atom. The molecule has 2 N–H and O–H groups in total. The third-order valence-corrected chi connectivity index (χ3v) is 6.84. The molecular formula is C26H18Cl3N5O3S. The number of rotatable bonds is 5. The summed E-state index contributed by atoms with van der Waals surface area (Å²) in [6.45, 7) is 1.89. The van der Waals surface area contributed by atoms with Crippen LogP contribution in [0.4, 0.5) is 5.69 Å². The van der Waals surface area contributed by atoms with E-state index in [9.17, 15) is 4.79 Å². The maximum Gasteiger partial charge on any atom is 0.293 e. The van der Waals surface area contributed by atoms with Gasteiger partial charge in [-0.25, -0.2) is 0 Å². The Kier molecular flexibility index (Phi) is 7.27. The smallest absolute Gasteiger partial charge is 0.293 e. The molecule has 0 aliphatic heterocycles. The molecule has 0 spiro atoms. The molecule has 12 heteroatoms. The number of aryl methyl sites for hydroxylation is 1. The van der Waals surface area contributed by atoms with Gasteiger partial charge in [-0.15, -0.1) is 10.2 Å². The molecule has 0 unspecified atom stereocenters. The number of hydrogen-bond donors (Lipinski definition) is 2. The van der Waals surface area contributed by atoms with Crippen LogP contribution in [0.2, 0.25) is 15.1 Å². The molecule has 0 atom stereocenters. The summed E-state index contributed by atoms with van der Waals surface area (Å²) in [6.07, 6.45) is 0. The fourth-order valence-corrected chi connectivity index (χ4v) is 4.43. The van der Waals surface area contributed by atoms with Gasteiger partial charge in [0.2, 0.25) is 0 Å². The molecule has 0 saturated carbocycles. The summed E-state index contributed by atoms with van der Waals surface area (Å²) < 4.78 is 10.9. The van der Waals surface area contributed by atoms with Crippen LogP contribution in [-0.2, 0) is 0 Å². The summed E-state index contributed by atoms with van der Waals surface area (Å²) >= 11 is 23.7. The number of benzene rings is 3. The number of carbonyl (C=O) groups is 1. The lowest BCUT2D eigenvalue weighted by molar-refractivity contribution is 0.0951. The molecule has 0 bridgehead atoms.